The molecule has 0 fully saturated rings. The number of aryl methyl sites for hydroxylation is 1. The predicted octanol–water partition coefficient (Wildman–Crippen LogP) is 2.78. The van der Waals surface area contributed by atoms with Gasteiger partial charge in [0.25, 0.3) is 0 Å². The minimum Gasteiger partial charge on any atom is -0.459 e. The highest BCUT2D eigenvalue weighted by Crippen LogP contribution is 2.25. The Balaban J connectivity index is 1.83. The lowest BCUT2D eigenvalue weighted by atomic mass is 10.1. The first-order chi connectivity index (χ1) is 10.4. The zero-order valence-corrected chi connectivity index (χ0v) is 13.9. The van der Waals surface area contributed by atoms with Crippen LogP contribution in [-0.4, -0.2) is 28.6 Å². The summed E-state index contributed by atoms with van der Waals surface area (Å²) >= 11 is 1.46. The number of thiazole rings is 1. The van der Waals surface area contributed by atoms with E-state index in [9.17, 15) is 9.90 Å². The molecule has 2 aromatic rings. The van der Waals surface area contributed by atoms with Crippen LogP contribution in [0.15, 0.2) is 21.9 Å². The van der Waals surface area contributed by atoms with Gasteiger partial charge in [-0.15, -0.1) is 11.3 Å². The van der Waals surface area contributed by atoms with Crippen molar-refractivity contribution in [2.75, 3.05) is 6.54 Å². The summed E-state index contributed by atoms with van der Waals surface area (Å²) in [5.74, 6) is 1.84. The van der Waals surface area contributed by atoms with Crippen molar-refractivity contribution in [3.8, 4) is 10.8 Å². The molecule has 2 heterocycles. The van der Waals surface area contributed by atoms with E-state index in [0.717, 1.165) is 16.5 Å². The Hall–Kier alpha value is -1.66. The van der Waals surface area contributed by atoms with E-state index in [1.54, 1.807) is 0 Å². The number of rotatable bonds is 7. The van der Waals surface area contributed by atoms with E-state index >= 15 is 0 Å². The number of furan rings is 1. The highest BCUT2D eigenvalue weighted by molar-refractivity contribution is 7.13. The van der Waals surface area contributed by atoms with Crippen molar-refractivity contribution in [1.29, 1.82) is 0 Å². The highest BCUT2D eigenvalue weighted by atomic mass is 32.1. The number of nitrogens with zero attached hydrogens (tertiary/aromatic N) is 1. The highest BCUT2D eigenvalue weighted by Gasteiger charge is 2.13. The molecule has 1 amide bonds. The molecule has 0 aromatic carbocycles. The van der Waals surface area contributed by atoms with Gasteiger partial charge in [0.05, 0.1) is 18.2 Å². The van der Waals surface area contributed by atoms with Crippen molar-refractivity contribution in [2.24, 2.45) is 5.92 Å². The Bertz CT molecular complexity index is 618. The monoisotopic (exact) mass is 322 g/mol. The molecule has 6 heteroatoms. The Morgan fingerprint density at radius 2 is 2.23 bits per heavy atom. The maximum Gasteiger partial charge on any atom is 0.226 e. The van der Waals surface area contributed by atoms with Gasteiger partial charge in [0.1, 0.15) is 5.76 Å². The average Bonchev–Trinajstić information content (AvgIpc) is 3.04. The Morgan fingerprint density at radius 3 is 2.86 bits per heavy atom. The Morgan fingerprint density at radius 1 is 1.45 bits per heavy atom. The number of aromatic nitrogens is 1. The van der Waals surface area contributed by atoms with Crippen molar-refractivity contribution in [2.45, 2.75) is 39.7 Å². The van der Waals surface area contributed by atoms with Crippen LogP contribution in [0.3, 0.4) is 0 Å². The molecule has 22 heavy (non-hydrogen) atoms. The molecule has 0 aliphatic rings. The van der Waals surface area contributed by atoms with E-state index in [1.165, 1.54) is 11.3 Å². The van der Waals surface area contributed by atoms with Crippen LogP contribution in [0.2, 0.25) is 0 Å². The quantitative estimate of drug-likeness (QED) is 0.822. The molecule has 0 spiro atoms. The molecule has 0 radical (unpaired) electrons. The second-order valence-corrected chi connectivity index (χ2v) is 6.68. The van der Waals surface area contributed by atoms with Gasteiger partial charge in [-0.05, 0) is 31.4 Å². The summed E-state index contributed by atoms with van der Waals surface area (Å²) in [6.07, 6.45) is 0.393. The number of amides is 1. The second-order valence-electron chi connectivity index (χ2n) is 5.82. The summed E-state index contributed by atoms with van der Waals surface area (Å²) in [5, 5.41) is 15.1. The van der Waals surface area contributed by atoms with Gasteiger partial charge in [-0.3, -0.25) is 4.79 Å². The molecular formula is C16H22N2O3S. The average molecular weight is 322 g/mol. The first-order valence-corrected chi connectivity index (χ1v) is 8.28. The summed E-state index contributed by atoms with van der Waals surface area (Å²) in [6, 6.07) is 3.76. The normalized spacial score (nSPS) is 12.6. The van der Waals surface area contributed by atoms with Crippen LogP contribution < -0.4 is 5.32 Å². The molecule has 1 atom stereocenters. The fraction of sp³-hybridized carbons (Fsp3) is 0.500. The zero-order chi connectivity index (χ0) is 16.1. The minimum absolute atomic E-state index is 0.129. The van der Waals surface area contributed by atoms with Gasteiger partial charge in [-0.1, -0.05) is 13.8 Å². The molecule has 0 saturated carbocycles. The fourth-order valence-electron chi connectivity index (χ4n) is 2.14. The standard InChI is InChI=1S/C16H22N2O3S/c1-10(2)6-13(19)8-17-15(20)7-12-9-22-16(18-12)14-5-4-11(3)21-14/h4-5,9-10,13,19H,6-8H2,1-3H3,(H,17,20). The number of carbonyl (C=O) groups excluding carboxylic acids is 1. The lowest BCUT2D eigenvalue weighted by molar-refractivity contribution is -0.121. The number of carbonyl (C=O) groups is 1. The first kappa shape index (κ1) is 16.7. The lowest BCUT2D eigenvalue weighted by Crippen LogP contribution is -2.33. The van der Waals surface area contributed by atoms with Gasteiger partial charge in [-0.2, -0.15) is 0 Å². The molecule has 120 valence electrons. The third kappa shape index (κ3) is 4.96. The van der Waals surface area contributed by atoms with E-state index < -0.39 is 6.10 Å². The van der Waals surface area contributed by atoms with E-state index in [-0.39, 0.29) is 18.9 Å². The van der Waals surface area contributed by atoms with E-state index in [1.807, 2.05) is 38.3 Å². The largest absolute Gasteiger partial charge is 0.459 e. The summed E-state index contributed by atoms with van der Waals surface area (Å²) in [7, 11) is 0. The molecular weight excluding hydrogens is 300 g/mol. The van der Waals surface area contributed by atoms with Crippen molar-refractivity contribution in [3.63, 3.8) is 0 Å². The van der Waals surface area contributed by atoms with Crippen LogP contribution in [0.25, 0.3) is 10.8 Å². The predicted molar refractivity (Wildman–Crippen MR) is 86.7 cm³/mol. The third-order valence-electron chi connectivity index (χ3n) is 3.12. The molecule has 0 aliphatic carbocycles. The summed E-state index contributed by atoms with van der Waals surface area (Å²) in [5.41, 5.74) is 0.713. The van der Waals surface area contributed by atoms with Crippen molar-refractivity contribution < 1.29 is 14.3 Å². The van der Waals surface area contributed by atoms with E-state index in [0.29, 0.717) is 18.0 Å². The van der Waals surface area contributed by atoms with Crippen molar-refractivity contribution in [1.82, 2.24) is 10.3 Å². The summed E-state index contributed by atoms with van der Waals surface area (Å²) < 4.78 is 5.52. The maximum atomic E-state index is 11.9. The minimum atomic E-state index is -0.499. The maximum absolute atomic E-state index is 11.9. The smallest absolute Gasteiger partial charge is 0.226 e. The van der Waals surface area contributed by atoms with E-state index in [2.05, 4.69) is 10.3 Å². The molecule has 5 nitrogen and oxygen atoms in total. The topological polar surface area (TPSA) is 75.4 Å². The van der Waals surface area contributed by atoms with Crippen LogP contribution in [0.1, 0.15) is 31.7 Å². The molecule has 2 aromatic heterocycles. The SMILES string of the molecule is Cc1ccc(-c2nc(CC(=O)NCC(O)CC(C)C)cs2)o1. The van der Waals surface area contributed by atoms with Crippen molar-refractivity contribution in [3.05, 3.63) is 29.0 Å². The lowest BCUT2D eigenvalue weighted by Gasteiger charge is -2.13. The molecule has 0 aliphatic heterocycles. The second kappa shape index (κ2) is 7.56. The van der Waals surface area contributed by atoms with Crippen LogP contribution >= 0.6 is 11.3 Å². The van der Waals surface area contributed by atoms with Gasteiger partial charge >= 0.3 is 0 Å². The van der Waals surface area contributed by atoms with Crippen LogP contribution in [0.5, 0.6) is 0 Å². The fourth-order valence-corrected chi connectivity index (χ4v) is 2.92. The third-order valence-corrected chi connectivity index (χ3v) is 4.03. The van der Waals surface area contributed by atoms with Crippen molar-refractivity contribution >= 4 is 17.2 Å². The molecule has 0 bridgehead atoms. The van der Waals surface area contributed by atoms with Gasteiger partial charge in [0.15, 0.2) is 10.8 Å². The molecule has 0 saturated heterocycles. The van der Waals surface area contributed by atoms with Gasteiger partial charge in [0.2, 0.25) is 5.91 Å². The number of hydrogen-bond donors (Lipinski definition) is 2. The van der Waals surface area contributed by atoms with Crippen LogP contribution in [0.4, 0.5) is 0 Å². The van der Waals surface area contributed by atoms with Gasteiger partial charge in [0, 0.05) is 11.9 Å². The number of hydrogen-bond acceptors (Lipinski definition) is 5. The summed E-state index contributed by atoms with van der Waals surface area (Å²) in [6.45, 7) is 6.25. The first-order valence-electron chi connectivity index (χ1n) is 7.40. The Labute approximate surface area is 134 Å². The van der Waals surface area contributed by atoms with Gasteiger partial charge in [-0.25, -0.2) is 4.98 Å². The molecule has 2 rings (SSSR count). The summed E-state index contributed by atoms with van der Waals surface area (Å²) in [4.78, 5) is 16.3. The van der Waals surface area contributed by atoms with Gasteiger partial charge < -0.3 is 14.8 Å². The Kier molecular flexibility index (Phi) is 5.74. The van der Waals surface area contributed by atoms with Crippen LogP contribution in [0, 0.1) is 12.8 Å². The number of nitrogens with one attached hydrogen (secondary N) is 1. The number of aliphatic hydroxyl groups excluding tert-OH is 1. The zero-order valence-electron chi connectivity index (χ0n) is 13.1. The number of aliphatic hydroxyl groups is 1. The van der Waals surface area contributed by atoms with Crippen LogP contribution in [-0.2, 0) is 11.2 Å². The molecule has 2 N–H and O–H groups in total. The molecule has 1 unspecified atom stereocenters. The van der Waals surface area contributed by atoms with E-state index in [4.69, 9.17) is 4.42 Å².